The van der Waals surface area contributed by atoms with Gasteiger partial charge in [-0.1, -0.05) is 32.9 Å². The first-order chi connectivity index (χ1) is 28.8. The van der Waals surface area contributed by atoms with Crippen molar-refractivity contribution >= 4 is 82.7 Å². The van der Waals surface area contributed by atoms with Gasteiger partial charge in [0.05, 0.1) is 41.5 Å². The van der Waals surface area contributed by atoms with Crippen molar-refractivity contribution in [3.63, 3.8) is 0 Å². The molecule has 338 valence electrons. The molecule has 0 bridgehead atoms. The van der Waals surface area contributed by atoms with Crippen LogP contribution in [-0.2, 0) is 43.1 Å². The summed E-state index contributed by atoms with van der Waals surface area (Å²) in [7, 11) is 0. The summed E-state index contributed by atoms with van der Waals surface area (Å²) in [5.74, 6) is -5.51. The fraction of sp³-hybridized carbons (Fsp3) is 0.455. The van der Waals surface area contributed by atoms with Gasteiger partial charge in [0.15, 0.2) is 5.78 Å². The second kappa shape index (κ2) is 20.4. The van der Waals surface area contributed by atoms with Gasteiger partial charge in [-0.3, -0.25) is 58.2 Å². The van der Waals surface area contributed by atoms with Crippen molar-refractivity contribution in [2.45, 2.75) is 116 Å². The van der Waals surface area contributed by atoms with Crippen molar-refractivity contribution < 1.29 is 71.1 Å². The number of esters is 2. The molecule has 63 heavy (non-hydrogen) atoms. The van der Waals surface area contributed by atoms with E-state index in [1.54, 1.807) is 6.92 Å². The summed E-state index contributed by atoms with van der Waals surface area (Å²) in [6, 6.07) is 7.57. The summed E-state index contributed by atoms with van der Waals surface area (Å²) in [6.45, 7) is 8.77. The number of nitrogens with zero attached hydrogens (tertiary/aromatic N) is 1. The van der Waals surface area contributed by atoms with Crippen LogP contribution < -0.4 is 11.1 Å². The van der Waals surface area contributed by atoms with Gasteiger partial charge in [0.2, 0.25) is 5.91 Å². The van der Waals surface area contributed by atoms with Crippen LogP contribution in [-0.4, -0.2) is 86.2 Å². The van der Waals surface area contributed by atoms with Crippen LogP contribution in [0.5, 0.6) is 0 Å². The molecule has 0 aromatic heterocycles. The third-order valence-electron chi connectivity index (χ3n) is 11.4. The van der Waals surface area contributed by atoms with Crippen molar-refractivity contribution in [3.8, 4) is 0 Å². The van der Waals surface area contributed by atoms with Crippen LogP contribution in [0, 0.1) is 23.0 Å². The zero-order valence-electron chi connectivity index (χ0n) is 35.3. The Morgan fingerprint density at radius 3 is 1.67 bits per heavy atom. The number of ketones is 6. The molecule has 3 unspecified atom stereocenters. The van der Waals surface area contributed by atoms with Crippen molar-refractivity contribution in [1.82, 2.24) is 10.2 Å². The lowest BCUT2D eigenvalue weighted by molar-refractivity contribution is -0.141. The molecule has 3 N–H and O–H groups in total. The number of fused-ring (bicyclic) bond motifs is 2. The predicted octanol–water partition coefficient (Wildman–Crippen LogP) is 4.48. The highest BCUT2D eigenvalue weighted by Crippen LogP contribution is 2.35. The largest absolute Gasteiger partial charge is 0.386 e. The number of amides is 4. The number of hydrogen-bond donors (Lipinski definition) is 2. The summed E-state index contributed by atoms with van der Waals surface area (Å²) < 4.78 is 30.8. The Morgan fingerprint density at radius 1 is 0.651 bits per heavy atom. The number of rotatable bonds is 1. The van der Waals surface area contributed by atoms with Crippen LogP contribution in [0.2, 0.25) is 0 Å². The van der Waals surface area contributed by atoms with Gasteiger partial charge < -0.3 is 10.5 Å². The average Bonchev–Trinajstić information content (AvgIpc) is 3.64. The third-order valence-corrected chi connectivity index (χ3v) is 11.4. The van der Waals surface area contributed by atoms with E-state index in [1.807, 2.05) is 20.8 Å². The number of benzene rings is 2. The van der Waals surface area contributed by atoms with Gasteiger partial charge >= 0.3 is 11.9 Å². The third kappa shape index (κ3) is 11.9. The molecule has 4 amide bonds. The summed E-state index contributed by atoms with van der Waals surface area (Å²) in [6.07, 6.45) is 4.04. The Bertz CT molecular complexity index is 2260. The standard InChI is InChI=1S/C14H11FN2O4.C8H3FO3.C8H12O2.C7H11NO2.C7H10O2.ClH/c1-14(6-5-9(18)16-13(14)21)17-11(19)7-3-2-4-8(15)10(7)12(17)20;9-5-3-1-2-4-6(5)8(11)12-7(4)10;1-8(2)4-3-6(9)5-7(8)10;1-7(8)3-2-5(9)4-6(7)10;1-5-2-3-6(8)4-7(5)9;/h2-4H,5-6H2,1H3,(H,16,18,21);1-3H;3-5H2,1-2H3;2-4,8H2,1H3;5H,2-4H2,1H3;1H. The van der Waals surface area contributed by atoms with E-state index >= 15 is 0 Å². The van der Waals surface area contributed by atoms with Crippen molar-refractivity contribution in [2.75, 3.05) is 0 Å². The van der Waals surface area contributed by atoms with Gasteiger partial charge in [0.25, 0.3) is 17.7 Å². The molecule has 8 rings (SSSR count). The lowest BCUT2D eigenvalue weighted by atomic mass is 9.76. The maximum absolute atomic E-state index is 13.8. The molecule has 3 saturated carbocycles. The van der Waals surface area contributed by atoms with Crippen LogP contribution in [0.25, 0.3) is 0 Å². The number of imide groups is 2. The monoisotopic (exact) mass is 899 g/mol. The Morgan fingerprint density at radius 2 is 1.19 bits per heavy atom. The molecule has 0 radical (unpaired) electrons. The van der Waals surface area contributed by atoms with E-state index < -0.39 is 58.3 Å². The Hall–Kier alpha value is -6.01. The van der Waals surface area contributed by atoms with Gasteiger partial charge in [-0.05, 0) is 63.8 Å². The predicted molar refractivity (Wildman–Crippen MR) is 218 cm³/mol. The fourth-order valence-electron chi connectivity index (χ4n) is 6.89. The molecule has 3 atom stereocenters. The minimum absolute atomic E-state index is 0. The number of nitrogens with two attached hydrogens (primary N) is 1. The van der Waals surface area contributed by atoms with Gasteiger partial charge in [-0.2, -0.15) is 0 Å². The van der Waals surface area contributed by atoms with Crippen molar-refractivity contribution in [1.29, 1.82) is 0 Å². The van der Waals surface area contributed by atoms with Gasteiger partial charge in [-0.25, -0.2) is 18.4 Å². The second-order valence-electron chi connectivity index (χ2n) is 16.8. The van der Waals surface area contributed by atoms with E-state index in [-0.39, 0.29) is 113 Å². The molecular formula is C44H48ClF2N3O13. The first-order valence-electron chi connectivity index (χ1n) is 19.8. The molecule has 1 saturated heterocycles. The highest BCUT2D eigenvalue weighted by molar-refractivity contribution is 6.24. The summed E-state index contributed by atoms with van der Waals surface area (Å²) in [5.41, 5.74) is 2.45. The van der Waals surface area contributed by atoms with Gasteiger partial charge in [0.1, 0.15) is 51.7 Å². The van der Waals surface area contributed by atoms with Crippen molar-refractivity contribution in [3.05, 3.63) is 70.3 Å². The maximum Gasteiger partial charge on any atom is 0.349 e. The summed E-state index contributed by atoms with van der Waals surface area (Å²) in [5, 5.41) is 2.11. The molecule has 3 aliphatic carbocycles. The van der Waals surface area contributed by atoms with E-state index in [9.17, 15) is 66.3 Å². The van der Waals surface area contributed by atoms with Gasteiger partial charge in [-0.15, -0.1) is 12.4 Å². The topological polar surface area (TPSA) is 255 Å². The van der Waals surface area contributed by atoms with Gasteiger partial charge in [0, 0.05) is 37.0 Å². The maximum atomic E-state index is 13.8. The van der Waals surface area contributed by atoms with Crippen LogP contribution in [0.3, 0.4) is 0 Å². The zero-order valence-corrected chi connectivity index (χ0v) is 36.1. The number of piperidine rings is 1. The number of nitrogens with one attached hydrogen (secondary N) is 1. The number of halogens is 3. The first kappa shape index (κ1) is 51.3. The lowest BCUT2D eigenvalue weighted by Crippen LogP contribution is -2.62. The number of Topliss-reactive ketones (excluding diaryl/α,β-unsaturated/α-hetero) is 6. The number of hydrogen-bond acceptors (Lipinski definition) is 14. The van der Waals surface area contributed by atoms with E-state index in [0.717, 1.165) is 29.9 Å². The minimum atomic E-state index is -1.49. The van der Waals surface area contributed by atoms with E-state index in [2.05, 4.69) is 10.1 Å². The van der Waals surface area contributed by atoms with E-state index in [0.29, 0.717) is 25.7 Å². The molecule has 0 spiro atoms. The molecule has 19 heteroatoms. The molecule has 3 heterocycles. The first-order valence-corrected chi connectivity index (χ1v) is 19.8. The highest BCUT2D eigenvalue weighted by Gasteiger charge is 2.53. The van der Waals surface area contributed by atoms with Crippen LogP contribution in [0.1, 0.15) is 147 Å². The summed E-state index contributed by atoms with van der Waals surface area (Å²) in [4.78, 5) is 135. The molecule has 16 nitrogen and oxygen atoms in total. The van der Waals surface area contributed by atoms with E-state index in [1.165, 1.54) is 31.2 Å². The minimum Gasteiger partial charge on any atom is -0.386 e. The Kier molecular flexibility index (Phi) is 16.7. The Labute approximate surface area is 366 Å². The quantitative estimate of drug-likeness (QED) is 0.227. The number of carbonyl (C=O) groups excluding carboxylic acids is 12. The van der Waals surface area contributed by atoms with Crippen LogP contribution in [0.15, 0.2) is 36.4 Å². The highest BCUT2D eigenvalue weighted by atomic mass is 35.5. The normalized spacial score (nSPS) is 24.7. The fourth-order valence-corrected chi connectivity index (χ4v) is 6.89. The van der Waals surface area contributed by atoms with Crippen LogP contribution in [0.4, 0.5) is 8.78 Å². The molecule has 2 aromatic rings. The molecule has 6 aliphatic rings. The number of ether oxygens (including phenoxy) is 1. The summed E-state index contributed by atoms with van der Waals surface area (Å²) >= 11 is 0. The molecule has 3 aliphatic heterocycles. The second-order valence-corrected chi connectivity index (χ2v) is 16.8. The number of carbonyl (C=O) groups is 12. The molecular weight excluding hydrogens is 852 g/mol. The SMILES string of the molecule is CC1(C)CCC(=O)CC1=O.CC1(N)CCC(=O)CC1=O.CC1(N2C(=O)c3cccc(F)c3C2=O)CCC(=O)NC1=O.CC1CCC(=O)CC1=O.Cl.O=C1OC(=O)c2c(F)cccc21. The molecule has 2 aromatic carbocycles. The Balaban J connectivity index is 0.000000219. The number of cyclic esters (lactones) is 2. The average molecular weight is 900 g/mol. The smallest absolute Gasteiger partial charge is 0.349 e. The lowest BCUT2D eigenvalue weighted by Gasteiger charge is -2.38. The zero-order chi connectivity index (χ0) is 46.5. The van der Waals surface area contributed by atoms with Crippen molar-refractivity contribution in [2.24, 2.45) is 17.1 Å². The van der Waals surface area contributed by atoms with E-state index in [4.69, 9.17) is 5.73 Å². The van der Waals surface area contributed by atoms with Crippen LogP contribution >= 0.6 is 12.4 Å². The molecule has 4 fully saturated rings.